The zero-order valence-corrected chi connectivity index (χ0v) is 14.3. The minimum Gasteiger partial charge on any atom is -0.489 e. The van der Waals surface area contributed by atoms with Crippen LogP contribution in [0.5, 0.6) is 5.75 Å². The second-order valence-corrected chi connectivity index (χ2v) is 6.27. The van der Waals surface area contributed by atoms with Gasteiger partial charge in [-0.2, -0.15) is 0 Å². The molecule has 2 aromatic rings. The highest BCUT2D eigenvalue weighted by Gasteiger charge is 2.21. The monoisotopic (exact) mass is 331 g/mol. The Bertz CT molecular complexity index is 564. The minimum absolute atomic E-state index is 0. The number of benzene rings is 2. The Kier molecular flexibility index (Phi) is 6.94. The van der Waals surface area contributed by atoms with Crippen molar-refractivity contribution in [2.24, 2.45) is 11.7 Å². The van der Waals surface area contributed by atoms with E-state index in [1.807, 2.05) is 30.3 Å². The highest BCUT2D eigenvalue weighted by atomic mass is 35.5. The zero-order valence-electron chi connectivity index (χ0n) is 13.5. The molecular weight excluding hydrogens is 306 g/mol. The number of rotatable bonds is 5. The molecule has 0 aliphatic heterocycles. The molecule has 0 saturated heterocycles. The number of halogens is 1. The van der Waals surface area contributed by atoms with E-state index in [2.05, 4.69) is 24.3 Å². The van der Waals surface area contributed by atoms with Crippen molar-refractivity contribution in [1.29, 1.82) is 0 Å². The van der Waals surface area contributed by atoms with Crippen molar-refractivity contribution < 1.29 is 4.74 Å². The number of hydrogen-bond donors (Lipinski definition) is 1. The maximum Gasteiger partial charge on any atom is 0.119 e. The molecule has 1 fully saturated rings. The molecule has 2 nitrogen and oxygen atoms in total. The van der Waals surface area contributed by atoms with Gasteiger partial charge in [0.2, 0.25) is 0 Å². The molecule has 0 unspecified atom stereocenters. The first-order chi connectivity index (χ1) is 10.8. The quantitative estimate of drug-likeness (QED) is 0.810. The lowest BCUT2D eigenvalue weighted by Crippen LogP contribution is -2.23. The molecule has 2 N–H and O–H groups in total. The first kappa shape index (κ1) is 17.8. The van der Waals surface area contributed by atoms with Gasteiger partial charge >= 0.3 is 0 Å². The average Bonchev–Trinajstić information content (AvgIpc) is 2.61. The van der Waals surface area contributed by atoms with Crippen molar-refractivity contribution >= 4 is 12.4 Å². The molecule has 1 aliphatic carbocycles. The lowest BCUT2D eigenvalue weighted by atomic mass is 9.81. The smallest absolute Gasteiger partial charge is 0.119 e. The summed E-state index contributed by atoms with van der Waals surface area (Å²) >= 11 is 0. The fourth-order valence-corrected chi connectivity index (χ4v) is 3.29. The van der Waals surface area contributed by atoms with Crippen LogP contribution in [0, 0.1) is 5.92 Å². The van der Waals surface area contributed by atoms with Gasteiger partial charge < -0.3 is 10.5 Å². The van der Waals surface area contributed by atoms with E-state index >= 15 is 0 Å². The Balaban J connectivity index is 0.00000192. The third-order valence-electron chi connectivity index (χ3n) is 4.67. The van der Waals surface area contributed by atoms with Crippen LogP contribution in [-0.4, -0.2) is 0 Å². The van der Waals surface area contributed by atoms with Crippen LogP contribution in [-0.2, 0) is 6.61 Å². The lowest BCUT2D eigenvalue weighted by molar-refractivity contribution is 0.302. The summed E-state index contributed by atoms with van der Waals surface area (Å²) < 4.78 is 5.83. The average molecular weight is 332 g/mol. The molecular formula is C20H26ClNO. The zero-order chi connectivity index (χ0) is 15.2. The van der Waals surface area contributed by atoms with E-state index in [0.29, 0.717) is 12.5 Å². The molecule has 3 rings (SSSR count). The Morgan fingerprint density at radius 2 is 1.57 bits per heavy atom. The number of nitrogens with two attached hydrogens (primary N) is 1. The molecule has 0 bridgehead atoms. The molecule has 3 heteroatoms. The summed E-state index contributed by atoms with van der Waals surface area (Å²) in [6.45, 7) is 0.606. The van der Waals surface area contributed by atoms with Gasteiger partial charge in [0, 0.05) is 6.04 Å². The Morgan fingerprint density at radius 3 is 2.22 bits per heavy atom. The standard InChI is InChI=1S/C20H25NO.ClH/c21-20(17-9-5-2-6-10-17)18-11-13-19(14-12-18)22-15-16-7-3-1-4-8-16;/h1,3-4,7-8,11-14,17,20H,2,5-6,9-10,15,21H2;1H/t20-;/m1./s1. The van der Waals surface area contributed by atoms with Crippen molar-refractivity contribution in [3.63, 3.8) is 0 Å². The van der Waals surface area contributed by atoms with Crippen LogP contribution in [0.15, 0.2) is 54.6 Å². The summed E-state index contributed by atoms with van der Waals surface area (Å²) in [6.07, 6.45) is 6.57. The van der Waals surface area contributed by atoms with E-state index in [0.717, 1.165) is 5.75 Å². The third kappa shape index (κ3) is 4.98. The van der Waals surface area contributed by atoms with Crippen LogP contribution in [0.2, 0.25) is 0 Å². The molecule has 124 valence electrons. The normalized spacial score (nSPS) is 16.4. The predicted molar refractivity (Wildman–Crippen MR) is 98.0 cm³/mol. The molecule has 2 aromatic carbocycles. The molecule has 0 radical (unpaired) electrons. The highest BCUT2D eigenvalue weighted by Crippen LogP contribution is 2.33. The number of hydrogen-bond acceptors (Lipinski definition) is 2. The predicted octanol–water partition coefficient (Wildman–Crippen LogP) is 5.27. The van der Waals surface area contributed by atoms with Gasteiger partial charge in [0.25, 0.3) is 0 Å². The van der Waals surface area contributed by atoms with Crippen LogP contribution in [0.25, 0.3) is 0 Å². The maximum absolute atomic E-state index is 6.44. The molecule has 0 heterocycles. The largest absolute Gasteiger partial charge is 0.489 e. The number of ether oxygens (including phenoxy) is 1. The van der Waals surface area contributed by atoms with Gasteiger partial charge in [0.05, 0.1) is 0 Å². The molecule has 1 atom stereocenters. The summed E-state index contributed by atoms with van der Waals surface area (Å²) in [5, 5.41) is 0. The molecule has 1 aliphatic rings. The topological polar surface area (TPSA) is 35.2 Å². The van der Waals surface area contributed by atoms with Crippen LogP contribution in [0.3, 0.4) is 0 Å². The Morgan fingerprint density at radius 1 is 0.913 bits per heavy atom. The van der Waals surface area contributed by atoms with Gasteiger partial charge in [-0.25, -0.2) is 0 Å². The van der Waals surface area contributed by atoms with Crippen LogP contribution in [0.4, 0.5) is 0 Å². The van der Waals surface area contributed by atoms with Gasteiger partial charge in [-0.3, -0.25) is 0 Å². The van der Waals surface area contributed by atoms with Crippen molar-refractivity contribution in [1.82, 2.24) is 0 Å². The van der Waals surface area contributed by atoms with E-state index in [-0.39, 0.29) is 18.4 Å². The maximum atomic E-state index is 6.44. The second-order valence-electron chi connectivity index (χ2n) is 6.27. The summed E-state index contributed by atoms with van der Waals surface area (Å²) in [5.74, 6) is 1.55. The lowest BCUT2D eigenvalue weighted by Gasteiger charge is -2.27. The van der Waals surface area contributed by atoms with Crippen molar-refractivity contribution in [3.05, 3.63) is 65.7 Å². The van der Waals surface area contributed by atoms with Crippen LogP contribution < -0.4 is 10.5 Å². The van der Waals surface area contributed by atoms with E-state index in [4.69, 9.17) is 10.5 Å². The van der Waals surface area contributed by atoms with Gasteiger partial charge in [-0.15, -0.1) is 12.4 Å². The molecule has 0 aromatic heterocycles. The van der Waals surface area contributed by atoms with E-state index < -0.39 is 0 Å². The minimum atomic E-state index is 0. The van der Waals surface area contributed by atoms with Crippen molar-refractivity contribution in [3.8, 4) is 5.75 Å². The van der Waals surface area contributed by atoms with E-state index in [1.165, 1.54) is 43.2 Å². The highest BCUT2D eigenvalue weighted by molar-refractivity contribution is 5.85. The van der Waals surface area contributed by atoms with Crippen LogP contribution >= 0.6 is 12.4 Å². The SMILES string of the molecule is Cl.N[C@@H](c1ccc(OCc2ccccc2)cc1)C1CCCCC1. The van der Waals surface area contributed by atoms with Crippen molar-refractivity contribution in [2.45, 2.75) is 44.8 Å². The van der Waals surface area contributed by atoms with Gasteiger partial charge in [0.15, 0.2) is 0 Å². The first-order valence-electron chi connectivity index (χ1n) is 8.35. The fourth-order valence-electron chi connectivity index (χ4n) is 3.29. The molecule has 23 heavy (non-hydrogen) atoms. The second kappa shape index (κ2) is 8.95. The molecule has 1 saturated carbocycles. The third-order valence-corrected chi connectivity index (χ3v) is 4.67. The summed E-state index contributed by atoms with van der Waals surface area (Å²) in [6, 6.07) is 18.7. The van der Waals surface area contributed by atoms with E-state index in [1.54, 1.807) is 0 Å². The van der Waals surface area contributed by atoms with Gasteiger partial charge in [-0.1, -0.05) is 61.7 Å². The summed E-state index contributed by atoms with van der Waals surface area (Å²) in [5.41, 5.74) is 8.86. The summed E-state index contributed by atoms with van der Waals surface area (Å²) in [4.78, 5) is 0. The van der Waals surface area contributed by atoms with Gasteiger partial charge in [0.1, 0.15) is 12.4 Å². The first-order valence-corrected chi connectivity index (χ1v) is 8.35. The van der Waals surface area contributed by atoms with Crippen molar-refractivity contribution in [2.75, 3.05) is 0 Å². The Labute approximate surface area is 145 Å². The molecule has 0 spiro atoms. The summed E-state index contributed by atoms with van der Waals surface area (Å²) in [7, 11) is 0. The Hall–Kier alpha value is -1.51. The van der Waals surface area contributed by atoms with E-state index in [9.17, 15) is 0 Å². The molecule has 0 amide bonds. The van der Waals surface area contributed by atoms with Gasteiger partial charge in [-0.05, 0) is 42.0 Å². The van der Waals surface area contributed by atoms with Crippen LogP contribution in [0.1, 0.15) is 49.3 Å². The fraction of sp³-hybridized carbons (Fsp3) is 0.400.